The van der Waals surface area contributed by atoms with Crippen molar-refractivity contribution >= 4 is 11.6 Å². The van der Waals surface area contributed by atoms with Crippen LogP contribution in [0.15, 0.2) is 36.4 Å². The molecule has 0 saturated carbocycles. The first kappa shape index (κ1) is 17.7. The number of aromatic nitrogens is 2. The molecule has 3 rings (SSSR count). The summed E-state index contributed by atoms with van der Waals surface area (Å²) in [6.07, 6.45) is 3.07. The monoisotopic (exact) mass is 340 g/mol. The number of aryl methyl sites for hydroxylation is 1. The zero-order valence-corrected chi connectivity index (χ0v) is 15.4. The van der Waals surface area contributed by atoms with Crippen molar-refractivity contribution in [2.75, 3.05) is 24.2 Å². The Bertz CT molecular complexity index is 697. The minimum absolute atomic E-state index is 0.107. The number of hydrogen-bond acceptors (Lipinski definition) is 5. The molecule has 1 aromatic heterocycles. The topological polar surface area (TPSA) is 73.1 Å². The maximum absolute atomic E-state index is 5.98. The Morgan fingerprint density at radius 3 is 2.64 bits per heavy atom. The van der Waals surface area contributed by atoms with Crippen LogP contribution in [0.3, 0.4) is 0 Å². The van der Waals surface area contributed by atoms with Gasteiger partial charge in [0.2, 0.25) is 0 Å². The van der Waals surface area contributed by atoms with Gasteiger partial charge in [0.05, 0.1) is 5.60 Å². The second kappa shape index (κ2) is 7.00. The first-order chi connectivity index (χ1) is 11.9. The van der Waals surface area contributed by atoms with Crippen LogP contribution >= 0.6 is 0 Å². The second-order valence-corrected chi connectivity index (χ2v) is 7.58. The number of anilines is 2. The molecule has 5 heteroatoms. The molecule has 2 aromatic rings. The third-order valence-corrected chi connectivity index (χ3v) is 4.99. The van der Waals surface area contributed by atoms with Gasteiger partial charge in [0.1, 0.15) is 17.5 Å². The molecule has 1 unspecified atom stereocenters. The Morgan fingerprint density at radius 1 is 1.20 bits per heavy atom. The van der Waals surface area contributed by atoms with Gasteiger partial charge in [-0.25, -0.2) is 9.97 Å². The van der Waals surface area contributed by atoms with Crippen LogP contribution in [0.2, 0.25) is 0 Å². The number of nitrogens with two attached hydrogens (primary N) is 1. The molecule has 25 heavy (non-hydrogen) atoms. The molecule has 0 spiro atoms. The molecule has 134 valence electrons. The van der Waals surface area contributed by atoms with E-state index in [4.69, 9.17) is 10.5 Å². The zero-order valence-electron chi connectivity index (χ0n) is 15.4. The fourth-order valence-corrected chi connectivity index (χ4v) is 3.98. The largest absolute Gasteiger partial charge is 0.384 e. The van der Waals surface area contributed by atoms with Crippen molar-refractivity contribution in [2.24, 2.45) is 0 Å². The third kappa shape index (κ3) is 4.28. The molecule has 1 aromatic carbocycles. The van der Waals surface area contributed by atoms with E-state index in [1.54, 1.807) is 6.07 Å². The molecule has 1 fully saturated rings. The number of nitrogens with one attached hydrogen (secondary N) is 1. The first-order valence-electron chi connectivity index (χ1n) is 8.93. The number of nitrogens with zero attached hydrogens (tertiary/aromatic N) is 2. The van der Waals surface area contributed by atoms with E-state index in [0.29, 0.717) is 11.6 Å². The van der Waals surface area contributed by atoms with E-state index in [9.17, 15) is 0 Å². The fraction of sp³-hybridized carbons (Fsp3) is 0.500. The van der Waals surface area contributed by atoms with Gasteiger partial charge in [-0.1, -0.05) is 30.3 Å². The summed E-state index contributed by atoms with van der Waals surface area (Å²) in [4.78, 5) is 8.54. The molecule has 5 nitrogen and oxygen atoms in total. The molecular weight excluding hydrogens is 312 g/mol. The molecule has 3 N–H and O–H groups in total. The van der Waals surface area contributed by atoms with Crippen LogP contribution < -0.4 is 11.1 Å². The number of nitrogen functional groups attached to an aromatic ring is 1. The summed E-state index contributed by atoms with van der Waals surface area (Å²) in [6.45, 7) is 7.85. The normalized spacial score (nSPS) is 22.5. The van der Waals surface area contributed by atoms with Gasteiger partial charge in [0, 0.05) is 24.6 Å². The summed E-state index contributed by atoms with van der Waals surface area (Å²) < 4.78 is 5.98. The van der Waals surface area contributed by atoms with Gasteiger partial charge in [-0.3, -0.25) is 0 Å². The van der Waals surface area contributed by atoms with E-state index in [0.717, 1.165) is 38.2 Å². The lowest BCUT2D eigenvalue weighted by molar-refractivity contribution is -0.0835. The van der Waals surface area contributed by atoms with Crippen LogP contribution in [0, 0.1) is 6.92 Å². The van der Waals surface area contributed by atoms with Crippen molar-refractivity contribution in [1.29, 1.82) is 0 Å². The van der Waals surface area contributed by atoms with Gasteiger partial charge in [-0.05, 0) is 45.6 Å². The lowest BCUT2D eigenvalue weighted by Gasteiger charge is -2.45. The maximum Gasteiger partial charge on any atom is 0.131 e. The van der Waals surface area contributed by atoms with Crippen molar-refractivity contribution in [3.05, 3.63) is 47.8 Å². The Morgan fingerprint density at radius 2 is 1.96 bits per heavy atom. The SMILES string of the molecule is Cc1nc(N)cc(NCCC2(c3ccccc3)CCOC(C)(C)C2)n1. The number of hydrogen-bond donors (Lipinski definition) is 2. The molecule has 0 amide bonds. The van der Waals surface area contributed by atoms with Gasteiger partial charge in [-0.15, -0.1) is 0 Å². The minimum atomic E-state index is -0.107. The van der Waals surface area contributed by atoms with Crippen molar-refractivity contribution in [2.45, 2.75) is 51.0 Å². The highest BCUT2D eigenvalue weighted by molar-refractivity contribution is 5.44. The molecule has 1 atom stereocenters. The molecule has 2 heterocycles. The summed E-state index contributed by atoms with van der Waals surface area (Å²) in [6, 6.07) is 12.6. The van der Waals surface area contributed by atoms with Crippen molar-refractivity contribution in [3.63, 3.8) is 0 Å². The molecule has 1 aliphatic rings. The standard InChI is InChI=1S/C20H28N4O/c1-15-23-17(21)13-18(24-15)22-11-9-20(16-7-5-4-6-8-16)10-12-25-19(2,3)14-20/h4-8,13H,9-12,14H2,1-3H3,(H3,21,22,23,24). The van der Waals surface area contributed by atoms with E-state index in [2.05, 4.69) is 59.5 Å². The van der Waals surface area contributed by atoms with E-state index in [-0.39, 0.29) is 11.0 Å². The van der Waals surface area contributed by atoms with E-state index >= 15 is 0 Å². The van der Waals surface area contributed by atoms with E-state index in [1.165, 1.54) is 5.56 Å². The predicted molar refractivity (Wildman–Crippen MR) is 102 cm³/mol. The molecule has 0 bridgehead atoms. The highest BCUT2D eigenvalue weighted by Gasteiger charge is 2.41. The number of benzene rings is 1. The van der Waals surface area contributed by atoms with Crippen LogP contribution in [0.5, 0.6) is 0 Å². The first-order valence-corrected chi connectivity index (χ1v) is 8.93. The summed E-state index contributed by atoms with van der Waals surface area (Å²) in [5.74, 6) is 1.98. The summed E-state index contributed by atoms with van der Waals surface area (Å²) >= 11 is 0. The quantitative estimate of drug-likeness (QED) is 0.868. The van der Waals surface area contributed by atoms with Gasteiger partial charge < -0.3 is 15.8 Å². The van der Waals surface area contributed by atoms with Gasteiger partial charge in [0.25, 0.3) is 0 Å². The Kier molecular flexibility index (Phi) is 4.95. The minimum Gasteiger partial charge on any atom is -0.384 e. The molecule has 0 aliphatic carbocycles. The van der Waals surface area contributed by atoms with Gasteiger partial charge in [-0.2, -0.15) is 0 Å². The van der Waals surface area contributed by atoms with Gasteiger partial charge >= 0.3 is 0 Å². The Balaban J connectivity index is 1.76. The average molecular weight is 340 g/mol. The molecule has 1 saturated heterocycles. The number of ether oxygens (including phenoxy) is 1. The zero-order chi connectivity index (χ0) is 17.9. The summed E-state index contributed by atoms with van der Waals surface area (Å²) in [7, 11) is 0. The van der Waals surface area contributed by atoms with Crippen LogP contribution in [0.1, 0.15) is 44.5 Å². The highest BCUT2D eigenvalue weighted by Crippen LogP contribution is 2.43. The average Bonchev–Trinajstić information content (AvgIpc) is 2.54. The molecular formula is C20H28N4O. The smallest absolute Gasteiger partial charge is 0.131 e. The second-order valence-electron chi connectivity index (χ2n) is 7.58. The third-order valence-electron chi connectivity index (χ3n) is 4.99. The lowest BCUT2D eigenvalue weighted by Crippen LogP contribution is -2.44. The van der Waals surface area contributed by atoms with Crippen molar-refractivity contribution in [1.82, 2.24) is 9.97 Å². The van der Waals surface area contributed by atoms with Crippen LogP contribution in [-0.2, 0) is 10.2 Å². The predicted octanol–water partition coefficient (Wildman–Crippen LogP) is 3.70. The van der Waals surface area contributed by atoms with Crippen LogP contribution in [-0.4, -0.2) is 28.7 Å². The highest BCUT2D eigenvalue weighted by atomic mass is 16.5. The van der Waals surface area contributed by atoms with Crippen molar-refractivity contribution < 1.29 is 4.74 Å². The van der Waals surface area contributed by atoms with Crippen molar-refractivity contribution in [3.8, 4) is 0 Å². The summed E-state index contributed by atoms with van der Waals surface area (Å²) in [5.41, 5.74) is 7.22. The molecule has 0 radical (unpaired) electrons. The Hall–Kier alpha value is -2.14. The lowest BCUT2D eigenvalue weighted by atomic mass is 9.67. The fourth-order valence-electron chi connectivity index (χ4n) is 3.98. The van der Waals surface area contributed by atoms with E-state index in [1.807, 2.05) is 6.92 Å². The van der Waals surface area contributed by atoms with E-state index < -0.39 is 0 Å². The summed E-state index contributed by atoms with van der Waals surface area (Å²) in [5, 5.41) is 3.42. The Labute approximate surface area is 150 Å². The molecule has 1 aliphatic heterocycles. The van der Waals surface area contributed by atoms with Gasteiger partial charge in [0.15, 0.2) is 0 Å². The number of rotatable bonds is 5. The van der Waals surface area contributed by atoms with Crippen LogP contribution in [0.25, 0.3) is 0 Å². The van der Waals surface area contributed by atoms with Crippen LogP contribution in [0.4, 0.5) is 11.6 Å². The maximum atomic E-state index is 5.98.